The standard InChI is InChI=1S/C17H24N6O/c24-17(21-12-3-1-2-4-12)22-13-6-9-23(10-7-13)16-14-5-8-18-15(14)19-11-20-16/h5,8,11-13H,1-4,6-7,9-10H2,(H,18,19,20)(H2,21,22,24). The van der Waals surface area contributed by atoms with Crippen molar-refractivity contribution in [3.63, 3.8) is 0 Å². The third-order valence-corrected chi connectivity index (χ3v) is 5.15. The van der Waals surface area contributed by atoms with Gasteiger partial charge in [-0.1, -0.05) is 12.8 Å². The first-order valence-electron chi connectivity index (χ1n) is 8.89. The number of anilines is 1. The molecule has 0 spiro atoms. The fraction of sp³-hybridized carbons (Fsp3) is 0.588. The van der Waals surface area contributed by atoms with E-state index in [2.05, 4.69) is 30.5 Å². The molecule has 128 valence electrons. The Hall–Kier alpha value is -2.31. The molecule has 0 unspecified atom stereocenters. The summed E-state index contributed by atoms with van der Waals surface area (Å²) in [5.41, 5.74) is 0.871. The van der Waals surface area contributed by atoms with E-state index >= 15 is 0 Å². The molecular weight excluding hydrogens is 304 g/mol. The molecule has 0 atom stereocenters. The Morgan fingerprint density at radius 2 is 1.79 bits per heavy atom. The van der Waals surface area contributed by atoms with E-state index in [1.807, 2.05) is 12.3 Å². The lowest BCUT2D eigenvalue weighted by molar-refractivity contribution is 0.230. The minimum absolute atomic E-state index is 0.00425. The maximum atomic E-state index is 12.1. The predicted molar refractivity (Wildman–Crippen MR) is 93.0 cm³/mol. The fourth-order valence-electron chi connectivity index (χ4n) is 3.83. The minimum atomic E-state index is -0.00425. The Morgan fingerprint density at radius 3 is 2.54 bits per heavy atom. The maximum Gasteiger partial charge on any atom is 0.315 e. The molecule has 7 nitrogen and oxygen atoms in total. The van der Waals surface area contributed by atoms with E-state index in [4.69, 9.17) is 0 Å². The maximum absolute atomic E-state index is 12.1. The van der Waals surface area contributed by atoms with Gasteiger partial charge in [-0.2, -0.15) is 0 Å². The number of hydrogen-bond acceptors (Lipinski definition) is 4. The zero-order valence-electron chi connectivity index (χ0n) is 13.8. The Kier molecular flexibility index (Phi) is 4.23. The first kappa shape index (κ1) is 15.2. The quantitative estimate of drug-likeness (QED) is 0.806. The van der Waals surface area contributed by atoms with E-state index in [0.717, 1.165) is 55.6 Å². The molecule has 7 heteroatoms. The Balaban J connectivity index is 1.31. The molecule has 2 aromatic rings. The average molecular weight is 328 g/mol. The van der Waals surface area contributed by atoms with Crippen LogP contribution in [0.4, 0.5) is 10.6 Å². The van der Waals surface area contributed by atoms with E-state index < -0.39 is 0 Å². The summed E-state index contributed by atoms with van der Waals surface area (Å²) in [7, 11) is 0. The van der Waals surface area contributed by atoms with Gasteiger partial charge in [0.15, 0.2) is 0 Å². The molecule has 3 heterocycles. The van der Waals surface area contributed by atoms with Crippen molar-refractivity contribution in [2.24, 2.45) is 0 Å². The predicted octanol–water partition coefficient (Wildman–Crippen LogP) is 2.17. The van der Waals surface area contributed by atoms with Gasteiger partial charge in [-0.25, -0.2) is 14.8 Å². The second-order valence-electron chi connectivity index (χ2n) is 6.80. The molecule has 1 aliphatic carbocycles. The summed E-state index contributed by atoms with van der Waals surface area (Å²) in [5, 5.41) is 7.29. The highest BCUT2D eigenvalue weighted by Gasteiger charge is 2.24. The van der Waals surface area contributed by atoms with Crippen LogP contribution in [0.25, 0.3) is 11.0 Å². The van der Waals surface area contributed by atoms with Crippen LogP contribution >= 0.6 is 0 Å². The normalized spacial score (nSPS) is 19.8. The van der Waals surface area contributed by atoms with Gasteiger partial charge in [-0.15, -0.1) is 0 Å². The lowest BCUT2D eigenvalue weighted by Crippen LogP contribution is -2.49. The second-order valence-corrected chi connectivity index (χ2v) is 6.80. The number of fused-ring (bicyclic) bond motifs is 1. The molecule has 0 bridgehead atoms. The van der Waals surface area contributed by atoms with Gasteiger partial charge < -0.3 is 20.5 Å². The van der Waals surface area contributed by atoms with Crippen LogP contribution in [0.2, 0.25) is 0 Å². The van der Waals surface area contributed by atoms with Crippen LogP contribution in [0.5, 0.6) is 0 Å². The molecule has 2 aliphatic rings. The number of aromatic amines is 1. The SMILES string of the molecule is O=C(NC1CCCC1)NC1CCN(c2ncnc3[nH]ccc23)CC1. The van der Waals surface area contributed by atoms with E-state index in [1.54, 1.807) is 6.33 Å². The summed E-state index contributed by atoms with van der Waals surface area (Å²) in [4.78, 5) is 26.2. The molecule has 4 rings (SSSR count). The van der Waals surface area contributed by atoms with Crippen molar-refractivity contribution < 1.29 is 4.79 Å². The van der Waals surface area contributed by atoms with Crippen molar-refractivity contribution >= 4 is 22.9 Å². The fourth-order valence-corrected chi connectivity index (χ4v) is 3.83. The molecule has 0 radical (unpaired) electrons. The van der Waals surface area contributed by atoms with Crippen molar-refractivity contribution in [1.82, 2.24) is 25.6 Å². The Morgan fingerprint density at radius 1 is 1.08 bits per heavy atom. The molecule has 0 aromatic carbocycles. The summed E-state index contributed by atoms with van der Waals surface area (Å²) < 4.78 is 0. The first-order chi connectivity index (χ1) is 11.8. The van der Waals surface area contributed by atoms with Gasteiger partial charge in [-0.05, 0) is 31.7 Å². The largest absolute Gasteiger partial charge is 0.356 e. The number of carbonyl (C=O) groups excluding carboxylic acids is 1. The molecule has 2 aromatic heterocycles. The number of amides is 2. The zero-order valence-corrected chi connectivity index (χ0v) is 13.8. The lowest BCUT2D eigenvalue weighted by atomic mass is 10.0. The van der Waals surface area contributed by atoms with Crippen LogP contribution in [0.15, 0.2) is 18.6 Å². The highest BCUT2D eigenvalue weighted by molar-refractivity contribution is 5.87. The third kappa shape index (κ3) is 3.16. The zero-order chi connectivity index (χ0) is 16.4. The van der Waals surface area contributed by atoms with Crippen molar-refractivity contribution in [2.45, 2.75) is 50.6 Å². The van der Waals surface area contributed by atoms with Crippen LogP contribution < -0.4 is 15.5 Å². The monoisotopic (exact) mass is 328 g/mol. The number of carbonyl (C=O) groups is 1. The number of piperidine rings is 1. The van der Waals surface area contributed by atoms with Gasteiger partial charge in [0.2, 0.25) is 0 Å². The summed E-state index contributed by atoms with van der Waals surface area (Å²) in [6, 6.07) is 2.62. The number of nitrogens with one attached hydrogen (secondary N) is 3. The van der Waals surface area contributed by atoms with Gasteiger partial charge in [0.25, 0.3) is 0 Å². The molecular formula is C17H24N6O. The number of rotatable bonds is 3. The van der Waals surface area contributed by atoms with E-state index in [1.165, 1.54) is 12.8 Å². The van der Waals surface area contributed by atoms with Crippen LogP contribution in [-0.2, 0) is 0 Å². The van der Waals surface area contributed by atoms with Gasteiger partial charge in [0.1, 0.15) is 17.8 Å². The van der Waals surface area contributed by atoms with Gasteiger partial charge >= 0.3 is 6.03 Å². The number of urea groups is 1. The van der Waals surface area contributed by atoms with Crippen LogP contribution in [0, 0.1) is 0 Å². The van der Waals surface area contributed by atoms with Crippen molar-refractivity contribution in [1.29, 1.82) is 0 Å². The second kappa shape index (κ2) is 6.67. The first-order valence-corrected chi connectivity index (χ1v) is 8.89. The van der Waals surface area contributed by atoms with E-state index in [-0.39, 0.29) is 12.1 Å². The average Bonchev–Trinajstić information content (AvgIpc) is 3.26. The molecule has 2 amide bonds. The van der Waals surface area contributed by atoms with Gasteiger partial charge in [0, 0.05) is 31.4 Å². The Bertz CT molecular complexity index is 700. The molecule has 1 saturated carbocycles. The summed E-state index contributed by atoms with van der Waals surface area (Å²) in [5.74, 6) is 0.982. The van der Waals surface area contributed by atoms with E-state index in [9.17, 15) is 4.79 Å². The highest BCUT2D eigenvalue weighted by Crippen LogP contribution is 2.25. The van der Waals surface area contributed by atoms with Gasteiger partial charge in [0.05, 0.1) is 5.39 Å². The highest BCUT2D eigenvalue weighted by atomic mass is 16.2. The van der Waals surface area contributed by atoms with Crippen molar-refractivity contribution in [2.75, 3.05) is 18.0 Å². The molecule has 1 aliphatic heterocycles. The number of nitrogens with zero attached hydrogens (tertiary/aromatic N) is 3. The van der Waals surface area contributed by atoms with Crippen LogP contribution in [-0.4, -0.2) is 46.2 Å². The Labute approximate surface area is 141 Å². The summed E-state index contributed by atoms with van der Waals surface area (Å²) in [6.07, 6.45) is 10.1. The molecule has 1 saturated heterocycles. The number of aromatic nitrogens is 3. The van der Waals surface area contributed by atoms with Crippen LogP contribution in [0.3, 0.4) is 0 Å². The van der Waals surface area contributed by atoms with Crippen LogP contribution in [0.1, 0.15) is 38.5 Å². The lowest BCUT2D eigenvalue weighted by Gasteiger charge is -2.33. The van der Waals surface area contributed by atoms with Gasteiger partial charge in [-0.3, -0.25) is 0 Å². The minimum Gasteiger partial charge on any atom is -0.356 e. The third-order valence-electron chi connectivity index (χ3n) is 5.15. The summed E-state index contributed by atoms with van der Waals surface area (Å²) in [6.45, 7) is 1.79. The van der Waals surface area contributed by atoms with Crippen molar-refractivity contribution in [3.05, 3.63) is 18.6 Å². The smallest absolute Gasteiger partial charge is 0.315 e. The van der Waals surface area contributed by atoms with E-state index in [0.29, 0.717) is 6.04 Å². The number of hydrogen-bond donors (Lipinski definition) is 3. The topological polar surface area (TPSA) is 85.9 Å². The summed E-state index contributed by atoms with van der Waals surface area (Å²) >= 11 is 0. The molecule has 3 N–H and O–H groups in total. The number of H-pyrrole nitrogens is 1. The molecule has 2 fully saturated rings. The molecule has 24 heavy (non-hydrogen) atoms. The van der Waals surface area contributed by atoms with Crippen molar-refractivity contribution in [3.8, 4) is 0 Å².